The van der Waals surface area contributed by atoms with Gasteiger partial charge in [0, 0.05) is 27.5 Å². The molecule has 1 heterocycles. The van der Waals surface area contributed by atoms with Crippen LogP contribution in [0.4, 0.5) is 0 Å². The van der Waals surface area contributed by atoms with E-state index >= 15 is 0 Å². The van der Waals surface area contributed by atoms with E-state index in [2.05, 4.69) is 47.4 Å². The first-order chi connectivity index (χ1) is 9.08. The number of carboxylic acids is 1. The van der Waals surface area contributed by atoms with Crippen LogP contribution in [0.5, 0.6) is 0 Å². The van der Waals surface area contributed by atoms with Crippen molar-refractivity contribution >= 4 is 37.8 Å². The summed E-state index contributed by atoms with van der Waals surface area (Å²) in [5.41, 5.74) is 0.856. The van der Waals surface area contributed by atoms with E-state index in [-0.39, 0.29) is 6.42 Å². The van der Waals surface area contributed by atoms with Crippen molar-refractivity contribution in [2.24, 2.45) is 0 Å². The van der Waals surface area contributed by atoms with Gasteiger partial charge in [0.25, 0.3) is 0 Å². The van der Waals surface area contributed by atoms with Gasteiger partial charge in [-0.15, -0.1) is 5.10 Å². The van der Waals surface area contributed by atoms with E-state index in [9.17, 15) is 4.79 Å². The van der Waals surface area contributed by atoms with Gasteiger partial charge in [-0.3, -0.25) is 4.79 Å². The number of carbonyl (C=O) groups is 1. The number of benzene rings is 1. The number of hydrogen-bond donors (Lipinski definition) is 1. The van der Waals surface area contributed by atoms with Crippen LogP contribution in [0.3, 0.4) is 0 Å². The maximum Gasteiger partial charge on any atom is 0.303 e. The standard InChI is InChI=1S/C11H10Br2N4O2/c12-7-3-4-9(13)8(6-7)11-14-15-16-17(11)5-1-2-10(18)19/h3-4,6H,1-2,5H2,(H,18,19). The normalized spacial score (nSPS) is 10.6. The zero-order valence-corrected chi connectivity index (χ0v) is 12.9. The van der Waals surface area contributed by atoms with Crippen LogP contribution in [0.2, 0.25) is 0 Å². The second-order valence-corrected chi connectivity index (χ2v) is 5.62. The van der Waals surface area contributed by atoms with Gasteiger partial charge in [-0.1, -0.05) is 31.9 Å². The molecule has 0 radical (unpaired) electrons. The third kappa shape index (κ3) is 3.60. The van der Waals surface area contributed by atoms with Crippen LogP contribution < -0.4 is 0 Å². The van der Waals surface area contributed by atoms with E-state index in [0.29, 0.717) is 18.8 Å². The summed E-state index contributed by atoms with van der Waals surface area (Å²) in [6.07, 6.45) is 0.581. The van der Waals surface area contributed by atoms with Crippen LogP contribution in [-0.4, -0.2) is 31.3 Å². The van der Waals surface area contributed by atoms with Crippen LogP contribution in [-0.2, 0) is 11.3 Å². The van der Waals surface area contributed by atoms with Crippen molar-refractivity contribution in [1.29, 1.82) is 0 Å². The lowest BCUT2D eigenvalue weighted by Gasteiger charge is -2.06. The molecular weight excluding hydrogens is 380 g/mol. The summed E-state index contributed by atoms with van der Waals surface area (Å²) in [6.45, 7) is 0.466. The Morgan fingerprint density at radius 1 is 1.37 bits per heavy atom. The Kier molecular flexibility index (Phi) is 4.65. The van der Waals surface area contributed by atoms with E-state index in [0.717, 1.165) is 14.5 Å². The number of carboxylic acid groups (broad SMARTS) is 1. The maximum absolute atomic E-state index is 10.5. The van der Waals surface area contributed by atoms with E-state index in [1.54, 1.807) is 4.68 Å². The maximum atomic E-state index is 10.5. The molecule has 8 heteroatoms. The topological polar surface area (TPSA) is 80.9 Å². The molecule has 1 N–H and O–H groups in total. The molecule has 2 aromatic rings. The van der Waals surface area contributed by atoms with Gasteiger partial charge in [0.05, 0.1) is 0 Å². The lowest BCUT2D eigenvalue weighted by molar-refractivity contribution is -0.137. The monoisotopic (exact) mass is 388 g/mol. The Hall–Kier alpha value is -1.28. The molecule has 6 nitrogen and oxygen atoms in total. The molecule has 1 aromatic carbocycles. The van der Waals surface area contributed by atoms with Gasteiger partial charge in [-0.2, -0.15) is 0 Å². The van der Waals surface area contributed by atoms with E-state index in [4.69, 9.17) is 5.11 Å². The first kappa shape index (κ1) is 14.1. The number of tetrazole rings is 1. The third-order valence-corrected chi connectivity index (χ3v) is 3.65. The van der Waals surface area contributed by atoms with E-state index in [1.807, 2.05) is 18.2 Å². The van der Waals surface area contributed by atoms with Crippen LogP contribution in [0, 0.1) is 0 Å². The molecule has 2 rings (SSSR count). The molecule has 0 aliphatic carbocycles. The highest BCUT2D eigenvalue weighted by molar-refractivity contribution is 9.11. The summed E-state index contributed by atoms with van der Waals surface area (Å²) in [6, 6.07) is 5.71. The van der Waals surface area contributed by atoms with Crippen molar-refractivity contribution in [1.82, 2.24) is 20.2 Å². The highest BCUT2D eigenvalue weighted by atomic mass is 79.9. The SMILES string of the molecule is O=C(O)CCCn1nnnc1-c1cc(Br)ccc1Br. The minimum atomic E-state index is -0.821. The molecule has 0 aliphatic rings. The van der Waals surface area contributed by atoms with Gasteiger partial charge < -0.3 is 5.11 Å². The smallest absolute Gasteiger partial charge is 0.303 e. The molecule has 1 aromatic heterocycles. The third-order valence-electron chi connectivity index (χ3n) is 2.46. The molecule has 0 amide bonds. The quantitative estimate of drug-likeness (QED) is 0.850. The van der Waals surface area contributed by atoms with Gasteiger partial charge in [0.2, 0.25) is 0 Å². The van der Waals surface area contributed by atoms with Crippen molar-refractivity contribution in [3.05, 3.63) is 27.1 Å². The van der Waals surface area contributed by atoms with Crippen LogP contribution in [0.25, 0.3) is 11.4 Å². The van der Waals surface area contributed by atoms with Crippen molar-refractivity contribution in [3.63, 3.8) is 0 Å². The van der Waals surface area contributed by atoms with Crippen LogP contribution >= 0.6 is 31.9 Å². The minimum absolute atomic E-state index is 0.0962. The van der Waals surface area contributed by atoms with E-state index < -0.39 is 5.97 Å². The molecule has 0 bridgehead atoms. The highest BCUT2D eigenvalue weighted by Crippen LogP contribution is 2.29. The molecule has 0 saturated carbocycles. The Labute approximate surface area is 126 Å². The molecule has 0 spiro atoms. The first-order valence-corrected chi connectivity index (χ1v) is 7.10. The summed E-state index contributed by atoms with van der Waals surface area (Å²) in [5, 5.41) is 20.2. The van der Waals surface area contributed by atoms with Crippen molar-refractivity contribution in [3.8, 4) is 11.4 Å². The molecule has 0 saturated heterocycles. The number of aliphatic carboxylic acids is 1. The van der Waals surface area contributed by atoms with Gasteiger partial charge in [0.1, 0.15) is 0 Å². The van der Waals surface area contributed by atoms with Crippen LogP contribution in [0.1, 0.15) is 12.8 Å². The van der Waals surface area contributed by atoms with Crippen molar-refractivity contribution in [2.75, 3.05) is 0 Å². The number of halogens is 2. The second-order valence-electron chi connectivity index (χ2n) is 3.85. The second kappa shape index (κ2) is 6.25. The highest BCUT2D eigenvalue weighted by Gasteiger charge is 2.12. The number of aromatic nitrogens is 4. The Balaban J connectivity index is 2.23. The lowest BCUT2D eigenvalue weighted by Crippen LogP contribution is -2.05. The summed E-state index contributed by atoms with van der Waals surface area (Å²) in [4.78, 5) is 10.5. The average molecular weight is 390 g/mol. The molecule has 0 fully saturated rings. The molecule has 100 valence electrons. The Morgan fingerprint density at radius 3 is 2.89 bits per heavy atom. The number of nitrogens with zero attached hydrogens (tertiary/aromatic N) is 4. The fourth-order valence-electron chi connectivity index (χ4n) is 1.60. The summed E-state index contributed by atoms with van der Waals surface area (Å²) in [7, 11) is 0. The zero-order valence-electron chi connectivity index (χ0n) is 9.75. The molecule has 0 unspecified atom stereocenters. The lowest BCUT2D eigenvalue weighted by atomic mass is 10.2. The van der Waals surface area contributed by atoms with Gasteiger partial charge in [0.15, 0.2) is 5.82 Å². The first-order valence-electron chi connectivity index (χ1n) is 5.51. The number of aryl methyl sites for hydroxylation is 1. The Bertz CT molecular complexity index is 600. The summed E-state index contributed by atoms with van der Waals surface area (Å²) in [5.74, 6) is -0.211. The fraction of sp³-hybridized carbons (Fsp3) is 0.273. The predicted octanol–water partition coefficient (Wildman–Crippen LogP) is 2.73. The summed E-state index contributed by atoms with van der Waals surface area (Å²) < 4.78 is 3.41. The van der Waals surface area contributed by atoms with Gasteiger partial charge in [-0.25, -0.2) is 4.68 Å². The van der Waals surface area contributed by atoms with Gasteiger partial charge in [-0.05, 0) is 35.0 Å². The average Bonchev–Trinajstić information content (AvgIpc) is 2.80. The molecule has 0 aliphatic heterocycles. The molecule has 0 atom stereocenters. The van der Waals surface area contributed by atoms with Crippen molar-refractivity contribution in [2.45, 2.75) is 19.4 Å². The number of hydrogen-bond acceptors (Lipinski definition) is 4. The summed E-state index contributed by atoms with van der Waals surface area (Å²) >= 11 is 6.86. The largest absolute Gasteiger partial charge is 0.481 e. The molecule has 19 heavy (non-hydrogen) atoms. The number of rotatable bonds is 5. The minimum Gasteiger partial charge on any atom is -0.481 e. The molecular formula is C11H10Br2N4O2. The zero-order chi connectivity index (χ0) is 13.8. The van der Waals surface area contributed by atoms with Crippen LogP contribution in [0.15, 0.2) is 27.1 Å². The predicted molar refractivity (Wildman–Crippen MR) is 75.5 cm³/mol. The fourth-order valence-corrected chi connectivity index (χ4v) is 2.38. The van der Waals surface area contributed by atoms with Gasteiger partial charge >= 0.3 is 5.97 Å². The van der Waals surface area contributed by atoms with Crippen molar-refractivity contribution < 1.29 is 9.90 Å². The van der Waals surface area contributed by atoms with E-state index in [1.165, 1.54) is 0 Å². The Morgan fingerprint density at radius 2 is 2.16 bits per heavy atom.